The fraction of sp³-hybridized carbons (Fsp3) is 0.105. The van der Waals surface area contributed by atoms with Crippen LogP contribution in [0.3, 0.4) is 0 Å². The first-order valence-electron chi connectivity index (χ1n) is 8.13. The van der Waals surface area contributed by atoms with Crippen LogP contribution in [0.2, 0.25) is 0 Å². The van der Waals surface area contributed by atoms with Crippen LogP contribution in [-0.2, 0) is 0 Å². The summed E-state index contributed by atoms with van der Waals surface area (Å²) >= 11 is 1.52. The minimum absolute atomic E-state index is 0.181. The molecule has 128 valence electrons. The van der Waals surface area contributed by atoms with Crippen molar-refractivity contribution in [2.24, 2.45) is 5.10 Å². The lowest BCUT2D eigenvalue weighted by atomic mass is 10.1. The Morgan fingerprint density at radius 1 is 1.15 bits per heavy atom. The Kier molecular flexibility index (Phi) is 3.36. The van der Waals surface area contributed by atoms with Gasteiger partial charge in [-0.2, -0.15) is 9.78 Å². The molecular weight excluding hydrogens is 348 g/mol. The number of nitrogens with one attached hydrogen (secondary N) is 1. The number of nitrogens with zero attached hydrogens (tertiary/aromatic N) is 3. The zero-order valence-corrected chi connectivity index (χ0v) is 14.7. The predicted molar refractivity (Wildman–Crippen MR) is 104 cm³/mol. The van der Waals surface area contributed by atoms with Crippen LogP contribution in [0.5, 0.6) is 5.75 Å². The monoisotopic (exact) mass is 362 g/mol. The fourth-order valence-electron chi connectivity index (χ4n) is 3.12. The largest absolute Gasteiger partial charge is 0.497 e. The van der Waals surface area contributed by atoms with Crippen LogP contribution >= 0.6 is 11.8 Å². The van der Waals surface area contributed by atoms with Crippen LogP contribution in [0.1, 0.15) is 5.56 Å². The van der Waals surface area contributed by atoms with Crippen molar-refractivity contribution in [1.82, 2.24) is 14.6 Å². The van der Waals surface area contributed by atoms with Crippen LogP contribution < -0.4 is 10.3 Å². The molecule has 0 radical (unpaired) electrons. The lowest BCUT2D eigenvalue weighted by molar-refractivity contribution is 0.415. The lowest BCUT2D eigenvalue weighted by Gasteiger charge is -2.15. The Morgan fingerprint density at radius 2 is 1.96 bits per heavy atom. The van der Waals surface area contributed by atoms with E-state index in [1.54, 1.807) is 7.11 Å². The number of aromatic amines is 1. The number of para-hydroxylation sites is 1. The first-order chi connectivity index (χ1) is 12.7. The number of rotatable bonds is 2. The van der Waals surface area contributed by atoms with E-state index >= 15 is 0 Å². The van der Waals surface area contributed by atoms with Crippen molar-refractivity contribution in [2.45, 2.75) is 5.16 Å². The average molecular weight is 362 g/mol. The smallest absolute Gasteiger partial charge is 0.299 e. The van der Waals surface area contributed by atoms with Gasteiger partial charge in [-0.3, -0.25) is 4.79 Å². The van der Waals surface area contributed by atoms with Crippen molar-refractivity contribution in [3.8, 4) is 5.75 Å². The molecule has 26 heavy (non-hydrogen) atoms. The molecule has 5 rings (SSSR count). The van der Waals surface area contributed by atoms with Crippen LogP contribution in [-0.4, -0.2) is 33.2 Å². The maximum Gasteiger partial charge on any atom is 0.299 e. The van der Waals surface area contributed by atoms with E-state index in [1.807, 2.05) is 48.5 Å². The number of fused-ring (bicyclic) bond motifs is 4. The second-order valence-corrected chi connectivity index (χ2v) is 6.91. The molecule has 4 aromatic rings. The first kappa shape index (κ1) is 15.2. The highest BCUT2D eigenvalue weighted by Gasteiger charge is 2.20. The van der Waals surface area contributed by atoms with Crippen molar-refractivity contribution in [1.29, 1.82) is 0 Å². The third kappa shape index (κ3) is 2.24. The fourth-order valence-corrected chi connectivity index (χ4v) is 4.01. The minimum atomic E-state index is -0.181. The maximum absolute atomic E-state index is 13.0. The van der Waals surface area contributed by atoms with Gasteiger partial charge >= 0.3 is 0 Å². The number of benzene rings is 2. The highest BCUT2D eigenvalue weighted by Crippen LogP contribution is 2.27. The predicted octanol–water partition coefficient (Wildman–Crippen LogP) is 3.24. The lowest BCUT2D eigenvalue weighted by Crippen LogP contribution is -2.25. The number of H-pyrrole nitrogens is 1. The standard InChI is InChI=1S/C19H14N4O2S/c1-25-12-8-6-11(7-9-12)15-10-26-19-21-16-13-4-2-3-5-14(13)20-17(16)18(24)23(19)22-15/h2-9,20H,10H2,1H3. The Hall–Kier alpha value is -3.06. The van der Waals surface area contributed by atoms with Crippen molar-refractivity contribution in [3.63, 3.8) is 0 Å². The Morgan fingerprint density at radius 3 is 2.77 bits per heavy atom. The number of ether oxygens (including phenoxy) is 1. The molecule has 6 nitrogen and oxygen atoms in total. The van der Waals surface area contributed by atoms with Crippen LogP contribution in [0.15, 0.2) is 63.6 Å². The average Bonchev–Trinajstić information content (AvgIpc) is 3.07. The summed E-state index contributed by atoms with van der Waals surface area (Å²) in [5.41, 5.74) is 3.71. The number of methoxy groups -OCH3 is 1. The summed E-state index contributed by atoms with van der Waals surface area (Å²) < 4.78 is 6.59. The van der Waals surface area contributed by atoms with E-state index in [0.717, 1.165) is 27.9 Å². The summed E-state index contributed by atoms with van der Waals surface area (Å²) in [6.07, 6.45) is 0. The van der Waals surface area contributed by atoms with Crippen LogP contribution in [0, 0.1) is 0 Å². The van der Waals surface area contributed by atoms with E-state index in [0.29, 0.717) is 21.9 Å². The SMILES string of the molecule is COc1ccc(C2=Nn3c(nc4c([nH]c5ccccc54)c3=O)SC2)cc1. The zero-order valence-electron chi connectivity index (χ0n) is 13.9. The molecule has 1 aliphatic heterocycles. The molecule has 2 aromatic heterocycles. The number of hydrogen-bond donors (Lipinski definition) is 1. The van der Waals surface area contributed by atoms with Crippen molar-refractivity contribution < 1.29 is 4.74 Å². The zero-order chi connectivity index (χ0) is 17.7. The third-order valence-corrected chi connectivity index (χ3v) is 5.40. The summed E-state index contributed by atoms with van der Waals surface area (Å²) in [6.45, 7) is 0. The maximum atomic E-state index is 13.0. The summed E-state index contributed by atoms with van der Waals surface area (Å²) in [6, 6.07) is 15.5. The van der Waals surface area contributed by atoms with Gasteiger partial charge in [-0.1, -0.05) is 30.0 Å². The van der Waals surface area contributed by atoms with E-state index in [1.165, 1.54) is 16.4 Å². The summed E-state index contributed by atoms with van der Waals surface area (Å²) in [7, 11) is 1.63. The number of thioether (sulfide) groups is 1. The van der Waals surface area contributed by atoms with Gasteiger partial charge in [0.2, 0.25) is 0 Å². The molecule has 2 aromatic carbocycles. The van der Waals surface area contributed by atoms with Gasteiger partial charge in [0, 0.05) is 16.7 Å². The molecule has 0 aliphatic carbocycles. The summed E-state index contributed by atoms with van der Waals surface area (Å²) in [5, 5.41) is 6.14. The Labute approximate surface area is 152 Å². The Balaban J connectivity index is 1.70. The van der Waals surface area contributed by atoms with E-state index in [2.05, 4.69) is 15.1 Å². The molecule has 0 spiro atoms. The van der Waals surface area contributed by atoms with Gasteiger partial charge in [0.15, 0.2) is 5.16 Å². The molecular formula is C19H14N4O2S. The van der Waals surface area contributed by atoms with E-state index in [4.69, 9.17) is 4.74 Å². The molecule has 7 heteroatoms. The topological polar surface area (TPSA) is 72.3 Å². The molecule has 0 unspecified atom stereocenters. The van der Waals surface area contributed by atoms with Crippen molar-refractivity contribution in [2.75, 3.05) is 12.9 Å². The van der Waals surface area contributed by atoms with Gasteiger partial charge in [-0.25, -0.2) is 4.98 Å². The molecule has 0 fully saturated rings. The summed E-state index contributed by atoms with van der Waals surface area (Å²) in [5.74, 6) is 1.45. The highest BCUT2D eigenvalue weighted by atomic mass is 32.2. The molecule has 0 bridgehead atoms. The molecule has 1 aliphatic rings. The highest BCUT2D eigenvalue weighted by molar-refractivity contribution is 7.99. The van der Waals surface area contributed by atoms with E-state index < -0.39 is 0 Å². The molecule has 0 saturated heterocycles. The van der Waals surface area contributed by atoms with E-state index in [-0.39, 0.29) is 5.56 Å². The van der Waals surface area contributed by atoms with Gasteiger partial charge < -0.3 is 9.72 Å². The van der Waals surface area contributed by atoms with Crippen molar-refractivity contribution in [3.05, 3.63) is 64.4 Å². The number of hydrogen-bond acceptors (Lipinski definition) is 5. The normalized spacial score (nSPS) is 13.7. The van der Waals surface area contributed by atoms with E-state index in [9.17, 15) is 4.79 Å². The molecule has 1 N–H and O–H groups in total. The van der Waals surface area contributed by atoms with Gasteiger partial charge in [0.1, 0.15) is 16.8 Å². The van der Waals surface area contributed by atoms with Crippen LogP contribution in [0.25, 0.3) is 21.9 Å². The van der Waals surface area contributed by atoms with Gasteiger partial charge in [-0.05, 0) is 35.9 Å². The molecule has 3 heterocycles. The van der Waals surface area contributed by atoms with Gasteiger partial charge in [0.05, 0.1) is 12.8 Å². The van der Waals surface area contributed by atoms with Crippen molar-refractivity contribution >= 4 is 39.4 Å². The first-order valence-corrected chi connectivity index (χ1v) is 9.12. The van der Waals surface area contributed by atoms with Gasteiger partial charge in [0.25, 0.3) is 5.56 Å². The quantitative estimate of drug-likeness (QED) is 0.556. The summed E-state index contributed by atoms with van der Waals surface area (Å²) in [4.78, 5) is 20.8. The third-order valence-electron chi connectivity index (χ3n) is 4.46. The second kappa shape index (κ2) is 5.74. The Bertz CT molecular complexity index is 1240. The molecule has 0 saturated carbocycles. The number of aromatic nitrogens is 3. The van der Waals surface area contributed by atoms with Gasteiger partial charge in [-0.15, -0.1) is 0 Å². The van der Waals surface area contributed by atoms with Crippen LogP contribution in [0.4, 0.5) is 0 Å². The second-order valence-electron chi connectivity index (χ2n) is 5.97. The molecule has 0 atom stereocenters. The molecule has 0 amide bonds. The minimum Gasteiger partial charge on any atom is -0.497 e.